The van der Waals surface area contributed by atoms with Crippen LogP contribution in [-0.2, 0) is 6.54 Å². The number of nitrogens with zero attached hydrogens (tertiary/aromatic N) is 1. The van der Waals surface area contributed by atoms with Crippen LogP contribution in [0, 0.1) is 11.8 Å². The smallest absolute Gasteiger partial charge is 0.119 e. The van der Waals surface area contributed by atoms with Crippen LogP contribution in [0.1, 0.15) is 37.7 Å². The summed E-state index contributed by atoms with van der Waals surface area (Å²) in [5.41, 5.74) is 1.41. The van der Waals surface area contributed by atoms with Gasteiger partial charge in [-0.1, -0.05) is 12.1 Å². The van der Waals surface area contributed by atoms with E-state index in [0.29, 0.717) is 0 Å². The summed E-state index contributed by atoms with van der Waals surface area (Å²) in [6.45, 7) is 5.64. The van der Waals surface area contributed by atoms with Crippen molar-refractivity contribution in [1.29, 1.82) is 0 Å². The van der Waals surface area contributed by atoms with Crippen molar-refractivity contribution in [3.05, 3.63) is 29.8 Å². The molecule has 1 aromatic carbocycles. The van der Waals surface area contributed by atoms with E-state index in [-0.39, 0.29) is 12.4 Å². The van der Waals surface area contributed by atoms with Crippen molar-refractivity contribution in [1.82, 2.24) is 10.2 Å². The summed E-state index contributed by atoms with van der Waals surface area (Å²) in [4.78, 5) is 2.59. The Balaban J connectivity index is 0.00000192. The monoisotopic (exact) mass is 338 g/mol. The molecule has 1 aromatic rings. The van der Waals surface area contributed by atoms with E-state index in [1.807, 2.05) is 7.05 Å². The molecule has 23 heavy (non-hydrogen) atoms. The fourth-order valence-corrected chi connectivity index (χ4v) is 3.23. The Morgan fingerprint density at radius 3 is 2.35 bits per heavy atom. The number of hydrogen-bond donors (Lipinski definition) is 1. The van der Waals surface area contributed by atoms with E-state index >= 15 is 0 Å². The van der Waals surface area contributed by atoms with E-state index < -0.39 is 0 Å². The van der Waals surface area contributed by atoms with Gasteiger partial charge in [0.05, 0.1) is 6.61 Å². The fraction of sp³-hybridized carbons (Fsp3) is 0.684. The van der Waals surface area contributed by atoms with Crippen LogP contribution >= 0.6 is 12.4 Å². The Labute approximate surface area is 147 Å². The molecule has 3 rings (SSSR count). The van der Waals surface area contributed by atoms with Crippen molar-refractivity contribution < 1.29 is 4.74 Å². The maximum Gasteiger partial charge on any atom is 0.119 e. The van der Waals surface area contributed by atoms with Crippen LogP contribution in [0.3, 0.4) is 0 Å². The third kappa shape index (κ3) is 6.33. The van der Waals surface area contributed by atoms with Crippen molar-refractivity contribution in [3.8, 4) is 5.75 Å². The molecule has 1 aliphatic carbocycles. The summed E-state index contributed by atoms with van der Waals surface area (Å²) in [5.74, 6) is 2.77. The largest absolute Gasteiger partial charge is 0.493 e. The molecule has 0 amide bonds. The van der Waals surface area contributed by atoms with Gasteiger partial charge in [0, 0.05) is 6.54 Å². The second-order valence-electron chi connectivity index (χ2n) is 7.01. The number of rotatable bonds is 8. The third-order valence-electron chi connectivity index (χ3n) is 5.02. The predicted molar refractivity (Wildman–Crippen MR) is 98.5 cm³/mol. The van der Waals surface area contributed by atoms with Gasteiger partial charge in [0.25, 0.3) is 0 Å². The summed E-state index contributed by atoms with van der Waals surface area (Å²) in [6, 6.07) is 8.74. The van der Waals surface area contributed by atoms with Gasteiger partial charge < -0.3 is 10.1 Å². The summed E-state index contributed by atoms with van der Waals surface area (Å²) in [5, 5.41) is 3.27. The lowest BCUT2D eigenvalue weighted by Crippen LogP contribution is -2.34. The Morgan fingerprint density at radius 2 is 1.74 bits per heavy atom. The minimum atomic E-state index is 0. The van der Waals surface area contributed by atoms with E-state index in [1.165, 1.54) is 50.8 Å². The number of hydrogen-bond acceptors (Lipinski definition) is 3. The van der Waals surface area contributed by atoms with Crippen molar-refractivity contribution in [2.75, 3.05) is 33.3 Å². The molecule has 0 atom stereocenters. The SMILES string of the molecule is CNCCC1CCN(Cc2ccc(OCC3CC3)cc2)CC1.Cl. The van der Waals surface area contributed by atoms with Crippen molar-refractivity contribution in [3.63, 3.8) is 0 Å². The van der Waals surface area contributed by atoms with Gasteiger partial charge >= 0.3 is 0 Å². The molecule has 3 nitrogen and oxygen atoms in total. The van der Waals surface area contributed by atoms with E-state index in [0.717, 1.165) is 37.3 Å². The van der Waals surface area contributed by atoms with Gasteiger partial charge in [0.15, 0.2) is 0 Å². The van der Waals surface area contributed by atoms with Crippen LogP contribution in [0.5, 0.6) is 5.75 Å². The van der Waals surface area contributed by atoms with E-state index in [2.05, 4.69) is 34.5 Å². The molecule has 1 aliphatic heterocycles. The summed E-state index contributed by atoms with van der Waals surface area (Å²) in [7, 11) is 2.05. The van der Waals surface area contributed by atoms with Crippen molar-refractivity contribution in [2.24, 2.45) is 11.8 Å². The van der Waals surface area contributed by atoms with Gasteiger partial charge in [0.2, 0.25) is 0 Å². The Morgan fingerprint density at radius 1 is 1.04 bits per heavy atom. The molecule has 4 heteroatoms. The second kappa shape index (κ2) is 9.51. The zero-order valence-electron chi connectivity index (χ0n) is 14.3. The van der Waals surface area contributed by atoms with Crippen LogP contribution in [0.25, 0.3) is 0 Å². The molecule has 0 aromatic heterocycles. The van der Waals surface area contributed by atoms with Crippen LogP contribution in [-0.4, -0.2) is 38.2 Å². The van der Waals surface area contributed by atoms with Gasteiger partial charge in [-0.15, -0.1) is 12.4 Å². The van der Waals surface area contributed by atoms with Crippen molar-refractivity contribution >= 4 is 12.4 Å². The predicted octanol–water partition coefficient (Wildman–Crippen LogP) is 3.72. The average Bonchev–Trinajstić information content (AvgIpc) is 3.38. The normalized spacial score (nSPS) is 19.3. The number of benzene rings is 1. The van der Waals surface area contributed by atoms with Crippen LogP contribution in [0.15, 0.2) is 24.3 Å². The lowest BCUT2D eigenvalue weighted by molar-refractivity contribution is 0.172. The molecule has 0 bridgehead atoms. The lowest BCUT2D eigenvalue weighted by Gasteiger charge is -2.32. The lowest BCUT2D eigenvalue weighted by atomic mass is 9.93. The standard InChI is InChI=1S/C19H30N2O.ClH/c1-20-11-8-16-9-12-21(13-10-16)14-17-4-6-19(7-5-17)22-15-18-2-3-18;/h4-7,16,18,20H,2-3,8-15H2,1H3;1H. The Hall–Kier alpha value is -0.770. The molecule has 0 unspecified atom stereocenters. The number of piperidine rings is 1. The maximum absolute atomic E-state index is 5.81. The molecule has 0 spiro atoms. The van der Waals surface area contributed by atoms with Crippen molar-refractivity contribution in [2.45, 2.75) is 38.6 Å². The van der Waals surface area contributed by atoms with Gasteiger partial charge in [-0.2, -0.15) is 0 Å². The highest BCUT2D eigenvalue weighted by molar-refractivity contribution is 5.85. The average molecular weight is 339 g/mol. The number of ether oxygens (including phenoxy) is 1. The van der Waals surface area contributed by atoms with E-state index in [9.17, 15) is 0 Å². The number of halogens is 1. The topological polar surface area (TPSA) is 24.5 Å². The molecule has 1 heterocycles. The van der Waals surface area contributed by atoms with E-state index in [1.54, 1.807) is 0 Å². The Kier molecular flexibility index (Phi) is 7.68. The first-order valence-corrected chi connectivity index (χ1v) is 8.92. The van der Waals surface area contributed by atoms with Crippen LogP contribution in [0.4, 0.5) is 0 Å². The molecule has 1 saturated carbocycles. The van der Waals surface area contributed by atoms with Gasteiger partial charge in [0.1, 0.15) is 5.75 Å². The number of likely N-dealkylation sites (tertiary alicyclic amines) is 1. The van der Waals surface area contributed by atoms with E-state index in [4.69, 9.17) is 4.74 Å². The first kappa shape index (κ1) is 18.6. The molecule has 0 radical (unpaired) electrons. The molecule has 2 aliphatic rings. The minimum Gasteiger partial charge on any atom is -0.493 e. The summed E-state index contributed by atoms with van der Waals surface area (Å²) in [6.07, 6.45) is 6.73. The quantitative estimate of drug-likeness (QED) is 0.781. The molecular weight excluding hydrogens is 308 g/mol. The highest BCUT2D eigenvalue weighted by atomic mass is 35.5. The zero-order chi connectivity index (χ0) is 15.2. The maximum atomic E-state index is 5.81. The molecule has 1 saturated heterocycles. The van der Waals surface area contributed by atoms with Gasteiger partial charge in [-0.25, -0.2) is 0 Å². The highest BCUT2D eigenvalue weighted by Gasteiger charge is 2.22. The number of nitrogens with one attached hydrogen (secondary N) is 1. The van der Waals surface area contributed by atoms with Gasteiger partial charge in [-0.3, -0.25) is 4.90 Å². The minimum absolute atomic E-state index is 0. The first-order valence-electron chi connectivity index (χ1n) is 8.92. The molecule has 130 valence electrons. The van der Waals surface area contributed by atoms with Gasteiger partial charge in [-0.05, 0) is 88.3 Å². The zero-order valence-corrected chi connectivity index (χ0v) is 15.1. The van der Waals surface area contributed by atoms with Crippen LogP contribution < -0.4 is 10.1 Å². The third-order valence-corrected chi connectivity index (χ3v) is 5.02. The summed E-state index contributed by atoms with van der Waals surface area (Å²) >= 11 is 0. The summed E-state index contributed by atoms with van der Waals surface area (Å²) < 4.78 is 5.81. The Bertz CT molecular complexity index is 439. The highest BCUT2D eigenvalue weighted by Crippen LogP contribution is 2.29. The molecule has 1 N–H and O–H groups in total. The van der Waals surface area contributed by atoms with Crippen LogP contribution in [0.2, 0.25) is 0 Å². The molecular formula is C19H31ClN2O. The fourth-order valence-electron chi connectivity index (χ4n) is 3.23. The first-order chi connectivity index (χ1) is 10.8. The second-order valence-corrected chi connectivity index (χ2v) is 7.01. The molecule has 2 fully saturated rings.